The molecular formula is C21H26N2O2. The summed E-state index contributed by atoms with van der Waals surface area (Å²) in [4.78, 5) is 16.7. The predicted molar refractivity (Wildman–Crippen MR) is 101 cm³/mol. The molecular weight excluding hydrogens is 312 g/mol. The van der Waals surface area contributed by atoms with Gasteiger partial charge >= 0.3 is 0 Å². The van der Waals surface area contributed by atoms with Gasteiger partial charge in [-0.15, -0.1) is 0 Å². The molecule has 0 aromatic heterocycles. The first-order chi connectivity index (χ1) is 12.2. The number of ether oxygens (including phenoxy) is 1. The third kappa shape index (κ3) is 5.15. The third-order valence-corrected chi connectivity index (χ3v) is 4.61. The molecule has 1 atom stereocenters. The zero-order chi connectivity index (χ0) is 17.5. The monoisotopic (exact) mass is 338 g/mol. The molecule has 4 heteroatoms. The van der Waals surface area contributed by atoms with Crippen LogP contribution in [-0.4, -0.2) is 43.7 Å². The molecule has 0 radical (unpaired) electrons. The molecule has 0 N–H and O–H groups in total. The molecule has 4 nitrogen and oxygen atoms in total. The van der Waals surface area contributed by atoms with Crippen LogP contribution in [0.5, 0.6) is 0 Å². The molecule has 1 unspecified atom stereocenters. The fourth-order valence-corrected chi connectivity index (χ4v) is 3.20. The number of anilines is 1. The summed E-state index contributed by atoms with van der Waals surface area (Å²) in [6.45, 7) is 2.78. The lowest BCUT2D eigenvalue weighted by atomic mass is 10.2. The lowest BCUT2D eigenvalue weighted by molar-refractivity contribution is -0.119. The van der Waals surface area contributed by atoms with Gasteiger partial charge in [-0.1, -0.05) is 48.5 Å². The lowest BCUT2D eigenvalue weighted by Crippen LogP contribution is -2.41. The second-order valence-corrected chi connectivity index (χ2v) is 6.58. The molecule has 1 aliphatic rings. The number of hydrogen-bond donors (Lipinski definition) is 0. The van der Waals surface area contributed by atoms with Crippen LogP contribution in [0.4, 0.5) is 5.69 Å². The molecule has 0 aliphatic carbocycles. The minimum atomic E-state index is 0.0973. The van der Waals surface area contributed by atoms with Gasteiger partial charge in [0.1, 0.15) is 0 Å². The van der Waals surface area contributed by atoms with Crippen LogP contribution in [0.2, 0.25) is 0 Å². The first-order valence-corrected chi connectivity index (χ1v) is 8.92. The van der Waals surface area contributed by atoms with Gasteiger partial charge < -0.3 is 9.64 Å². The molecule has 1 heterocycles. The standard InChI is InChI=1S/C21H26N2O2/c1-22(19-11-6-3-7-12-19)21(24)17-23(16-20-13-8-14-25-20)15-18-9-4-2-5-10-18/h2-7,9-12,20H,8,13-17H2,1H3. The molecule has 2 aromatic rings. The second-order valence-electron chi connectivity index (χ2n) is 6.58. The Hall–Kier alpha value is -2.17. The second kappa shape index (κ2) is 8.79. The summed E-state index contributed by atoms with van der Waals surface area (Å²) < 4.78 is 5.78. The van der Waals surface area contributed by atoms with E-state index >= 15 is 0 Å². The van der Waals surface area contributed by atoms with Gasteiger partial charge in [-0.05, 0) is 30.5 Å². The van der Waals surface area contributed by atoms with Gasteiger partial charge in [0.25, 0.3) is 0 Å². The highest BCUT2D eigenvalue weighted by Gasteiger charge is 2.22. The average molecular weight is 338 g/mol. The van der Waals surface area contributed by atoms with Crippen LogP contribution in [0.25, 0.3) is 0 Å². The summed E-state index contributed by atoms with van der Waals surface area (Å²) in [6, 6.07) is 20.1. The Kier molecular flexibility index (Phi) is 6.20. The van der Waals surface area contributed by atoms with E-state index in [-0.39, 0.29) is 12.0 Å². The van der Waals surface area contributed by atoms with E-state index in [0.29, 0.717) is 6.54 Å². The molecule has 132 valence electrons. The number of carbonyl (C=O) groups is 1. The number of carbonyl (C=O) groups excluding carboxylic acids is 1. The summed E-state index contributed by atoms with van der Waals surface area (Å²) in [5, 5.41) is 0. The maximum absolute atomic E-state index is 12.8. The molecule has 0 spiro atoms. The van der Waals surface area contributed by atoms with E-state index in [0.717, 1.165) is 38.2 Å². The quantitative estimate of drug-likeness (QED) is 0.776. The van der Waals surface area contributed by atoms with E-state index in [1.165, 1.54) is 5.56 Å². The van der Waals surface area contributed by atoms with E-state index in [1.54, 1.807) is 4.90 Å². The van der Waals surface area contributed by atoms with Crippen LogP contribution in [0.3, 0.4) is 0 Å². The van der Waals surface area contributed by atoms with E-state index in [1.807, 2.05) is 55.6 Å². The van der Waals surface area contributed by atoms with E-state index in [4.69, 9.17) is 4.74 Å². The van der Waals surface area contributed by atoms with Gasteiger partial charge in [-0.3, -0.25) is 9.69 Å². The Morgan fingerprint density at radius 2 is 1.76 bits per heavy atom. The summed E-state index contributed by atoms with van der Waals surface area (Å²) >= 11 is 0. The lowest BCUT2D eigenvalue weighted by Gasteiger charge is -2.27. The molecule has 3 rings (SSSR count). The fraction of sp³-hybridized carbons (Fsp3) is 0.381. The van der Waals surface area contributed by atoms with Gasteiger partial charge in [-0.25, -0.2) is 0 Å². The van der Waals surface area contributed by atoms with Crippen LogP contribution < -0.4 is 4.90 Å². The SMILES string of the molecule is CN(C(=O)CN(Cc1ccccc1)CC1CCCO1)c1ccccc1. The van der Waals surface area contributed by atoms with Gasteiger partial charge in [0.2, 0.25) is 5.91 Å². The third-order valence-electron chi connectivity index (χ3n) is 4.61. The Bertz CT molecular complexity index is 654. The molecule has 2 aromatic carbocycles. The Morgan fingerprint density at radius 3 is 2.40 bits per heavy atom. The van der Waals surface area contributed by atoms with Crippen LogP contribution >= 0.6 is 0 Å². The first-order valence-electron chi connectivity index (χ1n) is 8.92. The molecule has 1 aliphatic heterocycles. The molecule has 25 heavy (non-hydrogen) atoms. The first kappa shape index (κ1) is 17.6. The summed E-state index contributed by atoms with van der Waals surface area (Å²) in [7, 11) is 1.84. The Balaban J connectivity index is 1.66. The van der Waals surface area contributed by atoms with Gasteiger partial charge in [0.05, 0.1) is 12.6 Å². The Morgan fingerprint density at radius 1 is 1.08 bits per heavy atom. The topological polar surface area (TPSA) is 32.8 Å². The van der Waals surface area contributed by atoms with Crippen LogP contribution in [0.1, 0.15) is 18.4 Å². The van der Waals surface area contributed by atoms with Gasteiger partial charge in [0, 0.05) is 32.4 Å². The van der Waals surface area contributed by atoms with Crippen molar-refractivity contribution in [3.63, 3.8) is 0 Å². The number of rotatable bonds is 7. The highest BCUT2D eigenvalue weighted by atomic mass is 16.5. The van der Waals surface area contributed by atoms with Crippen molar-refractivity contribution in [2.45, 2.75) is 25.5 Å². The fourth-order valence-electron chi connectivity index (χ4n) is 3.20. The van der Waals surface area contributed by atoms with Crippen molar-refractivity contribution < 1.29 is 9.53 Å². The minimum absolute atomic E-state index is 0.0973. The van der Waals surface area contributed by atoms with Crippen molar-refractivity contribution in [2.24, 2.45) is 0 Å². The normalized spacial score (nSPS) is 17.0. The number of benzene rings is 2. The smallest absolute Gasteiger partial charge is 0.240 e. The molecule has 1 fully saturated rings. The number of likely N-dealkylation sites (N-methyl/N-ethyl adjacent to an activating group) is 1. The predicted octanol–water partition coefficient (Wildman–Crippen LogP) is 3.33. The summed E-state index contributed by atoms with van der Waals surface area (Å²) in [5.74, 6) is 0.0973. The molecule has 1 amide bonds. The number of nitrogens with zero attached hydrogens (tertiary/aromatic N) is 2. The van der Waals surface area contributed by atoms with Crippen molar-refractivity contribution in [3.8, 4) is 0 Å². The highest BCUT2D eigenvalue weighted by Crippen LogP contribution is 2.16. The maximum Gasteiger partial charge on any atom is 0.240 e. The van der Waals surface area contributed by atoms with Crippen molar-refractivity contribution in [1.82, 2.24) is 4.90 Å². The van der Waals surface area contributed by atoms with Gasteiger partial charge in [-0.2, -0.15) is 0 Å². The van der Waals surface area contributed by atoms with Gasteiger partial charge in [0.15, 0.2) is 0 Å². The highest BCUT2D eigenvalue weighted by molar-refractivity contribution is 5.94. The Labute approximate surface area is 150 Å². The summed E-state index contributed by atoms with van der Waals surface area (Å²) in [5.41, 5.74) is 2.14. The van der Waals surface area contributed by atoms with E-state index in [2.05, 4.69) is 17.0 Å². The van der Waals surface area contributed by atoms with Crippen molar-refractivity contribution in [2.75, 3.05) is 31.6 Å². The molecule has 0 saturated carbocycles. The van der Waals surface area contributed by atoms with E-state index in [9.17, 15) is 4.79 Å². The zero-order valence-corrected chi connectivity index (χ0v) is 14.8. The average Bonchev–Trinajstić information content (AvgIpc) is 3.15. The number of hydrogen-bond acceptors (Lipinski definition) is 3. The van der Waals surface area contributed by atoms with Crippen LogP contribution in [0, 0.1) is 0 Å². The van der Waals surface area contributed by atoms with Crippen molar-refractivity contribution in [1.29, 1.82) is 0 Å². The van der Waals surface area contributed by atoms with Crippen molar-refractivity contribution >= 4 is 11.6 Å². The van der Waals surface area contributed by atoms with Crippen LogP contribution in [-0.2, 0) is 16.1 Å². The molecule has 1 saturated heterocycles. The maximum atomic E-state index is 12.8. The van der Waals surface area contributed by atoms with Crippen LogP contribution in [0.15, 0.2) is 60.7 Å². The number of amides is 1. The van der Waals surface area contributed by atoms with E-state index < -0.39 is 0 Å². The zero-order valence-electron chi connectivity index (χ0n) is 14.8. The minimum Gasteiger partial charge on any atom is -0.377 e. The summed E-state index contributed by atoms with van der Waals surface area (Å²) in [6.07, 6.45) is 2.42. The number of para-hydroxylation sites is 1. The molecule has 0 bridgehead atoms. The largest absolute Gasteiger partial charge is 0.377 e. The van der Waals surface area contributed by atoms with Crippen molar-refractivity contribution in [3.05, 3.63) is 66.2 Å².